The molecule has 0 radical (unpaired) electrons. The van der Waals surface area contributed by atoms with Crippen LogP contribution in [0.3, 0.4) is 0 Å². The molecule has 1 atom stereocenters. The van der Waals surface area contributed by atoms with Crippen LogP contribution in [0.1, 0.15) is 45.9 Å². The lowest BCUT2D eigenvalue weighted by Crippen LogP contribution is -2.49. The number of carbonyl (C=O) groups excluding carboxylic acids is 2. The molecule has 3 aliphatic heterocycles. The summed E-state index contributed by atoms with van der Waals surface area (Å²) in [5.74, 6) is 0.184. The number of fused-ring (bicyclic) bond motifs is 1. The van der Waals surface area contributed by atoms with Crippen molar-refractivity contribution in [1.82, 2.24) is 10.2 Å². The van der Waals surface area contributed by atoms with Gasteiger partial charge in [-0.25, -0.2) is 0 Å². The Labute approximate surface area is 165 Å². The molecular formula is C23H25N3O2. The molecule has 0 bridgehead atoms. The second-order valence-electron chi connectivity index (χ2n) is 7.91. The van der Waals surface area contributed by atoms with Crippen LogP contribution in [0.2, 0.25) is 0 Å². The Morgan fingerprint density at radius 2 is 1.86 bits per heavy atom. The molecule has 2 amide bonds. The van der Waals surface area contributed by atoms with Gasteiger partial charge in [0.1, 0.15) is 0 Å². The summed E-state index contributed by atoms with van der Waals surface area (Å²) in [4.78, 5) is 29.6. The van der Waals surface area contributed by atoms with Crippen LogP contribution in [-0.4, -0.2) is 42.9 Å². The van der Waals surface area contributed by atoms with Crippen LogP contribution >= 0.6 is 0 Å². The summed E-state index contributed by atoms with van der Waals surface area (Å²) in [5, 5.41) is 2.96. The van der Waals surface area contributed by atoms with Crippen molar-refractivity contribution in [3.63, 3.8) is 0 Å². The van der Waals surface area contributed by atoms with E-state index >= 15 is 0 Å². The number of nitrogens with one attached hydrogen (secondary N) is 1. The van der Waals surface area contributed by atoms with Crippen LogP contribution in [0.15, 0.2) is 42.5 Å². The third-order valence-electron chi connectivity index (χ3n) is 6.35. The fraction of sp³-hybridized carbons (Fsp3) is 0.391. The van der Waals surface area contributed by atoms with E-state index in [4.69, 9.17) is 0 Å². The molecule has 5 heteroatoms. The Morgan fingerprint density at radius 1 is 1.04 bits per heavy atom. The van der Waals surface area contributed by atoms with E-state index in [2.05, 4.69) is 40.5 Å². The Morgan fingerprint density at radius 3 is 2.79 bits per heavy atom. The molecule has 3 heterocycles. The van der Waals surface area contributed by atoms with Gasteiger partial charge >= 0.3 is 0 Å². The Bertz CT molecular complexity index is 939. The van der Waals surface area contributed by atoms with Crippen molar-refractivity contribution in [2.75, 3.05) is 31.1 Å². The second-order valence-corrected chi connectivity index (χ2v) is 7.91. The average Bonchev–Trinajstić information content (AvgIpc) is 3.14. The van der Waals surface area contributed by atoms with Crippen molar-refractivity contribution in [1.29, 1.82) is 0 Å². The van der Waals surface area contributed by atoms with Crippen LogP contribution in [0.5, 0.6) is 0 Å². The summed E-state index contributed by atoms with van der Waals surface area (Å²) in [5.41, 5.74) is 5.75. The Balaban J connectivity index is 1.25. The summed E-state index contributed by atoms with van der Waals surface area (Å²) in [6.07, 6.45) is 3.34. The maximum Gasteiger partial charge on any atom is 0.251 e. The smallest absolute Gasteiger partial charge is 0.251 e. The van der Waals surface area contributed by atoms with Gasteiger partial charge in [-0.05, 0) is 48.1 Å². The first-order valence-corrected chi connectivity index (χ1v) is 10.2. The van der Waals surface area contributed by atoms with E-state index in [-0.39, 0.29) is 17.9 Å². The zero-order chi connectivity index (χ0) is 19.1. The molecule has 0 saturated heterocycles. The number of amides is 2. The number of nitrogens with zero attached hydrogens (tertiary/aromatic N) is 2. The minimum atomic E-state index is -0.0184. The fourth-order valence-electron chi connectivity index (χ4n) is 4.97. The molecule has 0 spiro atoms. The van der Waals surface area contributed by atoms with Crippen molar-refractivity contribution >= 4 is 17.5 Å². The van der Waals surface area contributed by atoms with Gasteiger partial charge in [0.15, 0.2) is 0 Å². The highest BCUT2D eigenvalue weighted by molar-refractivity contribution is 5.98. The van der Waals surface area contributed by atoms with Crippen molar-refractivity contribution in [3.8, 4) is 0 Å². The lowest BCUT2D eigenvalue weighted by atomic mass is 9.85. The van der Waals surface area contributed by atoms with E-state index in [9.17, 15) is 9.59 Å². The third-order valence-corrected chi connectivity index (χ3v) is 6.35. The molecule has 1 unspecified atom stereocenters. The second kappa shape index (κ2) is 6.97. The van der Waals surface area contributed by atoms with Crippen molar-refractivity contribution in [2.45, 2.75) is 31.7 Å². The minimum absolute atomic E-state index is 0.0161. The first-order valence-electron chi connectivity index (χ1n) is 10.2. The first-order chi connectivity index (χ1) is 13.7. The molecule has 28 heavy (non-hydrogen) atoms. The fourth-order valence-corrected chi connectivity index (χ4v) is 4.97. The van der Waals surface area contributed by atoms with Gasteiger partial charge in [-0.1, -0.05) is 30.3 Å². The van der Waals surface area contributed by atoms with Crippen molar-refractivity contribution < 1.29 is 9.59 Å². The van der Waals surface area contributed by atoms with Crippen LogP contribution in [-0.2, 0) is 17.6 Å². The molecule has 0 aliphatic carbocycles. The number of anilines is 1. The zero-order valence-electron chi connectivity index (χ0n) is 16.0. The summed E-state index contributed by atoms with van der Waals surface area (Å²) >= 11 is 0. The van der Waals surface area contributed by atoms with Gasteiger partial charge in [0, 0.05) is 43.9 Å². The highest BCUT2D eigenvalue weighted by atomic mass is 16.2. The van der Waals surface area contributed by atoms with Crippen LogP contribution in [0.4, 0.5) is 5.69 Å². The quantitative estimate of drug-likeness (QED) is 0.894. The Kier molecular flexibility index (Phi) is 4.30. The van der Waals surface area contributed by atoms with Gasteiger partial charge in [-0.3, -0.25) is 9.59 Å². The maximum absolute atomic E-state index is 13.0. The van der Waals surface area contributed by atoms with Crippen LogP contribution in [0, 0.1) is 0 Å². The molecule has 2 aromatic rings. The third kappa shape index (κ3) is 2.86. The molecular weight excluding hydrogens is 350 g/mol. The monoisotopic (exact) mass is 375 g/mol. The molecule has 5 nitrogen and oxygen atoms in total. The van der Waals surface area contributed by atoms with E-state index in [0.29, 0.717) is 13.0 Å². The molecule has 0 saturated carbocycles. The number of para-hydroxylation sites is 1. The zero-order valence-corrected chi connectivity index (χ0v) is 16.0. The molecule has 3 aliphatic rings. The summed E-state index contributed by atoms with van der Waals surface area (Å²) in [7, 11) is 0. The van der Waals surface area contributed by atoms with Gasteiger partial charge < -0.3 is 15.1 Å². The maximum atomic E-state index is 13.0. The highest BCUT2D eigenvalue weighted by Crippen LogP contribution is 2.35. The van der Waals surface area contributed by atoms with Crippen LogP contribution in [0.25, 0.3) is 0 Å². The molecule has 0 aromatic heterocycles. The summed E-state index contributed by atoms with van der Waals surface area (Å²) in [6, 6.07) is 14.5. The predicted molar refractivity (Wildman–Crippen MR) is 109 cm³/mol. The number of rotatable bonds is 4. The summed E-state index contributed by atoms with van der Waals surface area (Å²) in [6.45, 7) is 3.22. The number of hydrogen-bond donors (Lipinski definition) is 1. The van der Waals surface area contributed by atoms with Crippen molar-refractivity contribution in [2.24, 2.45) is 0 Å². The van der Waals surface area contributed by atoms with Gasteiger partial charge in [0.2, 0.25) is 5.91 Å². The average molecular weight is 375 g/mol. The van der Waals surface area contributed by atoms with E-state index in [0.717, 1.165) is 50.0 Å². The largest absolute Gasteiger partial charge is 0.371 e. The van der Waals surface area contributed by atoms with E-state index in [1.54, 1.807) is 0 Å². The highest BCUT2D eigenvalue weighted by Gasteiger charge is 2.36. The van der Waals surface area contributed by atoms with E-state index in [1.165, 1.54) is 16.8 Å². The molecule has 2 aromatic carbocycles. The molecule has 0 fully saturated rings. The van der Waals surface area contributed by atoms with Crippen molar-refractivity contribution in [3.05, 3.63) is 64.7 Å². The van der Waals surface area contributed by atoms with Crippen LogP contribution < -0.4 is 10.2 Å². The van der Waals surface area contributed by atoms with E-state index in [1.807, 2.05) is 17.0 Å². The Hall–Kier alpha value is -2.82. The number of carbonyl (C=O) groups is 2. The first kappa shape index (κ1) is 17.3. The normalized spacial score (nSPS) is 19.9. The number of hydrogen-bond acceptors (Lipinski definition) is 3. The molecule has 144 valence electrons. The van der Waals surface area contributed by atoms with Gasteiger partial charge in [0.25, 0.3) is 5.91 Å². The minimum Gasteiger partial charge on any atom is -0.371 e. The lowest BCUT2D eigenvalue weighted by Gasteiger charge is -2.41. The predicted octanol–water partition coefficient (Wildman–Crippen LogP) is 2.70. The molecule has 1 N–H and O–H groups in total. The van der Waals surface area contributed by atoms with Gasteiger partial charge in [-0.2, -0.15) is 0 Å². The SMILES string of the molecule is O=C1NCC2c3c(cccc31)CCN2C(=O)CCCN1CCc2ccccc21. The molecule has 5 rings (SSSR count). The van der Waals surface area contributed by atoms with Gasteiger partial charge in [0.05, 0.1) is 6.04 Å². The lowest BCUT2D eigenvalue weighted by molar-refractivity contribution is -0.134. The topological polar surface area (TPSA) is 52.7 Å². The number of benzene rings is 2. The standard InChI is InChI=1S/C23H25N3O2/c27-21(9-4-12-25-13-10-16-5-1-2-8-19(16)25)26-14-11-17-6-3-7-18-22(17)20(26)15-24-23(18)28/h1-3,5-8,20H,4,9-15H2,(H,24,28). The van der Waals surface area contributed by atoms with E-state index < -0.39 is 0 Å². The summed E-state index contributed by atoms with van der Waals surface area (Å²) < 4.78 is 0. The van der Waals surface area contributed by atoms with Gasteiger partial charge in [-0.15, -0.1) is 0 Å².